The molecule has 5 nitrogen and oxygen atoms in total. The van der Waals surface area contributed by atoms with Gasteiger partial charge in [0.1, 0.15) is 18.1 Å². The average molecular weight is 461 g/mol. The van der Waals surface area contributed by atoms with E-state index in [2.05, 4.69) is 26.0 Å². The van der Waals surface area contributed by atoms with Crippen LogP contribution in [0, 0.1) is 19.3 Å². The number of carbonyl (C=O) groups is 1. The fourth-order valence-electron chi connectivity index (χ4n) is 3.91. The van der Waals surface area contributed by atoms with Crippen molar-refractivity contribution in [3.05, 3.63) is 58.7 Å². The fourth-order valence-corrected chi connectivity index (χ4v) is 4.42. The quantitative estimate of drug-likeness (QED) is 0.446. The van der Waals surface area contributed by atoms with Gasteiger partial charge in [-0.1, -0.05) is 58.9 Å². The SMILES string of the molecule is CCC(CC)(c1ccc(OCC(=O)C(C)(C)C)c(C)c1)c1ccc(OS(C)(=O)=O)c(C)c1. The first-order chi connectivity index (χ1) is 14.7. The zero-order valence-electron chi connectivity index (χ0n) is 20.5. The van der Waals surface area contributed by atoms with Gasteiger partial charge >= 0.3 is 10.1 Å². The van der Waals surface area contributed by atoms with Gasteiger partial charge in [0.25, 0.3) is 0 Å². The van der Waals surface area contributed by atoms with Gasteiger partial charge in [-0.15, -0.1) is 0 Å². The molecule has 0 radical (unpaired) electrons. The maximum absolute atomic E-state index is 12.2. The number of rotatable bonds is 9. The molecule has 0 N–H and O–H groups in total. The van der Waals surface area contributed by atoms with Gasteiger partial charge < -0.3 is 8.92 Å². The molecule has 2 aromatic carbocycles. The Morgan fingerprint density at radius 2 is 1.34 bits per heavy atom. The molecule has 0 aliphatic heterocycles. The predicted octanol–water partition coefficient (Wildman–Crippen LogP) is 5.74. The smallest absolute Gasteiger partial charge is 0.306 e. The van der Waals surface area contributed by atoms with Gasteiger partial charge in [-0.05, 0) is 61.1 Å². The summed E-state index contributed by atoms with van der Waals surface area (Å²) in [5.74, 6) is 1.12. The Balaban J connectivity index is 2.40. The summed E-state index contributed by atoms with van der Waals surface area (Å²) in [4.78, 5) is 12.2. The molecule has 0 saturated carbocycles. The summed E-state index contributed by atoms with van der Waals surface area (Å²) >= 11 is 0. The highest BCUT2D eigenvalue weighted by molar-refractivity contribution is 7.86. The molecule has 0 aromatic heterocycles. The number of hydrogen-bond acceptors (Lipinski definition) is 5. The second-order valence-corrected chi connectivity index (χ2v) is 11.1. The molecule has 0 atom stereocenters. The number of aryl methyl sites for hydroxylation is 2. The van der Waals surface area contributed by atoms with Gasteiger partial charge in [0.15, 0.2) is 5.78 Å². The van der Waals surface area contributed by atoms with Gasteiger partial charge in [-0.25, -0.2) is 0 Å². The van der Waals surface area contributed by atoms with Crippen molar-refractivity contribution in [2.45, 2.75) is 66.7 Å². The molecule has 0 aliphatic carbocycles. The first-order valence-corrected chi connectivity index (χ1v) is 12.8. The number of carbonyl (C=O) groups excluding carboxylic acids is 1. The van der Waals surface area contributed by atoms with E-state index >= 15 is 0 Å². The summed E-state index contributed by atoms with van der Waals surface area (Å²) in [6, 6.07) is 11.8. The minimum atomic E-state index is -3.58. The van der Waals surface area contributed by atoms with Gasteiger partial charge in [-0.3, -0.25) is 4.79 Å². The van der Waals surface area contributed by atoms with E-state index in [-0.39, 0.29) is 17.8 Å². The molecule has 0 saturated heterocycles. The molecule has 0 amide bonds. The standard InChI is InChI=1S/C26H36O5S/c1-9-26(10-2,21-12-14-23(19(4)16-21)31-32(8,28)29)20-11-13-22(18(3)15-20)30-17-24(27)25(5,6)7/h11-16H,9-10,17H2,1-8H3. The monoisotopic (exact) mass is 460 g/mol. The number of ether oxygens (including phenoxy) is 1. The van der Waals surface area contributed by atoms with Crippen LogP contribution in [-0.4, -0.2) is 27.1 Å². The van der Waals surface area contributed by atoms with Crippen molar-refractivity contribution in [3.63, 3.8) is 0 Å². The van der Waals surface area contributed by atoms with Crippen LogP contribution in [0.5, 0.6) is 11.5 Å². The lowest BCUT2D eigenvalue weighted by Crippen LogP contribution is -2.27. The lowest BCUT2D eigenvalue weighted by molar-refractivity contribution is -0.128. The molecule has 0 heterocycles. The van der Waals surface area contributed by atoms with E-state index in [4.69, 9.17) is 8.92 Å². The highest BCUT2D eigenvalue weighted by atomic mass is 32.2. The Hall–Kier alpha value is -2.34. The van der Waals surface area contributed by atoms with E-state index in [1.165, 1.54) is 0 Å². The Morgan fingerprint density at radius 1 is 0.875 bits per heavy atom. The molecule has 2 rings (SSSR count). The third-order valence-corrected chi connectivity index (χ3v) is 6.58. The van der Waals surface area contributed by atoms with Crippen LogP contribution in [-0.2, 0) is 20.3 Å². The van der Waals surface area contributed by atoms with Crippen molar-refractivity contribution in [2.75, 3.05) is 12.9 Å². The Bertz CT molecular complexity index is 1070. The van der Waals surface area contributed by atoms with Gasteiger partial charge in [0.2, 0.25) is 0 Å². The second-order valence-electron chi connectivity index (χ2n) is 9.50. The predicted molar refractivity (Wildman–Crippen MR) is 129 cm³/mol. The molecule has 2 aromatic rings. The summed E-state index contributed by atoms with van der Waals surface area (Å²) in [6.45, 7) is 13.9. The molecular formula is C26H36O5S. The summed E-state index contributed by atoms with van der Waals surface area (Å²) in [6.07, 6.45) is 2.79. The molecular weight excluding hydrogens is 424 g/mol. The van der Waals surface area contributed by atoms with Gasteiger partial charge in [-0.2, -0.15) is 8.42 Å². The summed E-state index contributed by atoms with van der Waals surface area (Å²) in [5.41, 5.74) is 3.35. The fraction of sp³-hybridized carbons (Fsp3) is 0.500. The van der Waals surface area contributed by atoms with E-state index < -0.39 is 15.5 Å². The van der Waals surface area contributed by atoms with Gasteiger partial charge in [0.05, 0.1) is 6.26 Å². The maximum atomic E-state index is 12.2. The van der Waals surface area contributed by atoms with Crippen LogP contribution >= 0.6 is 0 Å². The van der Waals surface area contributed by atoms with Crippen LogP contribution < -0.4 is 8.92 Å². The van der Waals surface area contributed by atoms with E-state index in [1.54, 1.807) is 6.07 Å². The summed E-state index contributed by atoms with van der Waals surface area (Å²) in [5, 5.41) is 0. The number of ketones is 1. The zero-order chi connectivity index (χ0) is 24.3. The minimum Gasteiger partial charge on any atom is -0.486 e. The minimum absolute atomic E-state index is 0.0530. The maximum Gasteiger partial charge on any atom is 0.306 e. The Labute approximate surface area is 193 Å². The van der Waals surface area contributed by atoms with E-state index in [0.29, 0.717) is 11.5 Å². The second kappa shape index (κ2) is 9.65. The molecule has 176 valence electrons. The van der Waals surface area contributed by atoms with E-state index in [1.807, 2.05) is 52.8 Å². The number of Topliss-reactive ketones (excluding diaryl/α,β-unsaturated/α-hetero) is 1. The average Bonchev–Trinajstić information content (AvgIpc) is 2.68. The first kappa shape index (κ1) is 25.9. The van der Waals surface area contributed by atoms with Crippen LogP contribution in [0.3, 0.4) is 0 Å². The van der Waals surface area contributed by atoms with Crippen LogP contribution in [0.4, 0.5) is 0 Å². The van der Waals surface area contributed by atoms with Crippen LogP contribution in [0.2, 0.25) is 0 Å². The summed E-state index contributed by atoms with van der Waals surface area (Å²) < 4.78 is 34.0. The number of hydrogen-bond donors (Lipinski definition) is 0. The Kier molecular flexibility index (Phi) is 7.82. The van der Waals surface area contributed by atoms with Crippen LogP contribution in [0.1, 0.15) is 69.7 Å². The zero-order valence-corrected chi connectivity index (χ0v) is 21.4. The molecule has 0 fully saturated rings. The lowest BCUT2D eigenvalue weighted by atomic mass is 9.70. The highest BCUT2D eigenvalue weighted by Gasteiger charge is 2.32. The highest BCUT2D eigenvalue weighted by Crippen LogP contribution is 2.41. The van der Waals surface area contributed by atoms with Crippen molar-refractivity contribution < 1.29 is 22.1 Å². The molecule has 0 aliphatic rings. The summed E-state index contributed by atoms with van der Waals surface area (Å²) in [7, 11) is -3.58. The van der Waals surface area contributed by atoms with Crippen molar-refractivity contribution >= 4 is 15.9 Å². The van der Waals surface area contributed by atoms with E-state index in [9.17, 15) is 13.2 Å². The third-order valence-electron chi connectivity index (χ3n) is 6.10. The molecule has 32 heavy (non-hydrogen) atoms. The van der Waals surface area contributed by atoms with Crippen molar-refractivity contribution in [2.24, 2.45) is 5.41 Å². The first-order valence-electron chi connectivity index (χ1n) is 11.0. The third kappa shape index (κ3) is 5.91. The van der Waals surface area contributed by atoms with Crippen LogP contribution in [0.15, 0.2) is 36.4 Å². The van der Waals surface area contributed by atoms with Crippen molar-refractivity contribution in [3.8, 4) is 11.5 Å². The van der Waals surface area contributed by atoms with Crippen molar-refractivity contribution in [1.82, 2.24) is 0 Å². The van der Waals surface area contributed by atoms with Crippen molar-refractivity contribution in [1.29, 1.82) is 0 Å². The normalized spacial score (nSPS) is 12.5. The topological polar surface area (TPSA) is 69.7 Å². The van der Waals surface area contributed by atoms with Crippen LogP contribution in [0.25, 0.3) is 0 Å². The Morgan fingerprint density at radius 3 is 1.72 bits per heavy atom. The molecule has 6 heteroatoms. The van der Waals surface area contributed by atoms with Gasteiger partial charge in [0, 0.05) is 10.8 Å². The van der Waals surface area contributed by atoms with E-state index in [0.717, 1.165) is 41.4 Å². The molecule has 0 spiro atoms. The largest absolute Gasteiger partial charge is 0.486 e. The number of benzene rings is 2. The molecule has 0 bridgehead atoms. The molecule has 0 unspecified atom stereocenters. The lowest BCUT2D eigenvalue weighted by Gasteiger charge is -2.34.